The Labute approximate surface area is 141 Å². The van der Waals surface area contributed by atoms with Gasteiger partial charge in [0.15, 0.2) is 0 Å². The largest absolute Gasteiger partial charge is 0.467 e. The van der Waals surface area contributed by atoms with Gasteiger partial charge in [0, 0.05) is 25.4 Å². The lowest BCUT2D eigenvalue weighted by atomic mass is 9.97. The average molecular weight is 328 g/mol. The topological polar surface area (TPSA) is 64.2 Å². The molecule has 0 N–H and O–H groups in total. The number of aryl methyl sites for hydroxylation is 2. The maximum atomic E-state index is 13.3. The van der Waals surface area contributed by atoms with Crippen molar-refractivity contribution in [2.75, 3.05) is 6.54 Å². The van der Waals surface area contributed by atoms with Crippen LogP contribution >= 0.6 is 0 Å². The van der Waals surface area contributed by atoms with Crippen molar-refractivity contribution in [1.29, 1.82) is 0 Å². The van der Waals surface area contributed by atoms with Crippen molar-refractivity contribution in [2.24, 2.45) is 5.92 Å². The van der Waals surface area contributed by atoms with Crippen molar-refractivity contribution >= 4 is 5.91 Å². The molecule has 0 bridgehead atoms. The lowest BCUT2D eigenvalue weighted by Crippen LogP contribution is -2.39. The Bertz CT molecular complexity index is 657. The molecule has 0 spiro atoms. The van der Waals surface area contributed by atoms with Crippen LogP contribution in [0.1, 0.15) is 56.2 Å². The Kier molecular flexibility index (Phi) is 4.36. The van der Waals surface area contributed by atoms with Gasteiger partial charge < -0.3 is 13.9 Å². The molecule has 0 aliphatic carbocycles. The fourth-order valence-electron chi connectivity index (χ4n) is 4.03. The highest BCUT2D eigenvalue weighted by atomic mass is 16.3. The second kappa shape index (κ2) is 6.79. The zero-order valence-corrected chi connectivity index (χ0v) is 13.9. The van der Waals surface area contributed by atoms with Crippen molar-refractivity contribution in [3.8, 4) is 0 Å². The minimum absolute atomic E-state index is 0.0715. The number of likely N-dealkylation sites (tertiary alicyclic amines) is 1. The minimum Gasteiger partial charge on any atom is -0.467 e. The van der Waals surface area contributed by atoms with Crippen molar-refractivity contribution in [3.05, 3.63) is 36.3 Å². The number of furan rings is 1. The first-order valence-electron chi connectivity index (χ1n) is 9.03. The minimum atomic E-state index is 0.0715. The molecule has 2 aliphatic rings. The van der Waals surface area contributed by atoms with Crippen LogP contribution in [0.4, 0.5) is 0 Å². The maximum absolute atomic E-state index is 13.3. The fourth-order valence-corrected chi connectivity index (χ4v) is 4.03. The molecule has 0 aromatic carbocycles. The van der Waals surface area contributed by atoms with Crippen LogP contribution in [0.25, 0.3) is 0 Å². The normalized spacial score (nSPS) is 24.9. The molecule has 2 aromatic heterocycles. The number of rotatable bonds is 2. The number of aromatic nitrogens is 3. The number of amides is 1. The molecule has 2 aliphatic heterocycles. The summed E-state index contributed by atoms with van der Waals surface area (Å²) in [5, 5.41) is 8.14. The predicted octanol–water partition coefficient (Wildman–Crippen LogP) is 2.97. The van der Waals surface area contributed by atoms with E-state index < -0.39 is 0 Å². The first-order chi connectivity index (χ1) is 11.8. The van der Waals surface area contributed by atoms with Gasteiger partial charge >= 0.3 is 0 Å². The summed E-state index contributed by atoms with van der Waals surface area (Å²) >= 11 is 0. The molecule has 1 amide bonds. The lowest BCUT2D eigenvalue weighted by molar-refractivity contribution is -0.139. The summed E-state index contributed by atoms with van der Waals surface area (Å²) in [6.07, 6.45) is 10.5. The number of hydrogen-bond donors (Lipinski definition) is 0. The Morgan fingerprint density at radius 1 is 1.17 bits per heavy atom. The van der Waals surface area contributed by atoms with E-state index in [0.29, 0.717) is 0 Å². The molecule has 4 heterocycles. The molecule has 24 heavy (non-hydrogen) atoms. The third-order valence-electron chi connectivity index (χ3n) is 5.39. The Hall–Kier alpha value is -2.11. The van der Waals surface area contributed by atoms with Gasteiger partial charge in [-0.3, -0.25) is 4.79 Å². The van der Waals surface area contributed by atoms with E-state index in [1.54, 1.807) is 12.6 Å². The molecule has 4 rings (SSSR count). The van der Waals surface area contributed by atoms with Crippen LogP contribution in [0.2, 0.25) is 0 Å². The number of nitrogens with zero attached hydrogens (tertiary/aromatic N) is 4. The van der Waals surface area contributed by atoms with Gasteiger partial charge in [-0.25, -0.2) is 0 Å². The number of carbonyl (C=O) groups excluding carboxylic acids is 1. The van der Waals surface area contributed by atoms with Gasteiger partial charge in [-0.2, -0.15) is 0 Å². The molecule has 0 radical (unpaired) electrons. The molecule has 6 nitrogen and oxygen atoms in total. The zero-order chi connectivity index (χ0) is 16.4. The third-order valence-corrected chi connectivity index (χ3v) is 5.39. The van der Waals surface area contributed by atoms with E-state index in [1.807, 2.05) is 12.1 Å². The van der Waals surface area contributed by atoms with Gasteiger partial charge in [-0.15, -0.1) is 10.2 Å². The summed E-state index contributed by atoms with van der Waals surface area (Å²) in [4.78, 5) is 15.4. The molecule has 2 atom stereocenters. The van der Waals surface area contributed by atoms with Crippen LogP contribution in [-0.2, 0) is 17.8 Å². The Morgan fingerprint density at radius 3 is 3.00 bits per heavy atom. The van der Waals surface area contributed by atoms with E-state index in [-0.39, 0.29) is 17.9 Å². The summed E-state index contributed by atoms with van der Waals surface area (Å²) in [6, 6.07) is 4.02. The van der Waals surface area contributed by atoms with Crippen LogP contribution in [-0.4, -0.2) is 32.1 Å². The van der Waals surface area contributed by atoms with Crippen LogP contribution in [0.3, 0.4) is 0 Å². The van der Waals surface area contributed by atoms with E-state index in [2.05, 4.69) is 19.7 Å². The van der Waals surface area contributed by atoms with E-state index in [1.165, 1.54) is 6.42 Å². The molecule has 1 saturated heterocycles. The molecule has 0 saturated carbocycles. The predicted molar refractivity (Wildman–Crippen MR) is 88.1 cm³/mol. The SMILES string of the molecule is O=C(C1CCc2nncn2CC1)N1CCCCCC1c1ccco1. The highest BCUT2D eigenvalue weighted by Gasteiger charge is 2.33. The van der Waals surface area contributed by atoms with Crippen molar-refractivity contribution in [1.82, 2.24) is 19.7 Å². The van der Waals surface area contributed by atoms with Crippen LogP contribution in [0, 0.1) is 5.92 Å². The molecule has 128 valence electrons. The first-order valence-corrected chi connectivity index (χ1v) is 9.03. The van der Waals surface area contributed by atoms with Crippen molar-refractivity contribution in [2.45, 2.75) is 57.5 Å². The van der Waals surface area contributed by atoms with Gasteiger partial charge in [0.05, 0.1) is 12.3 Å². The van der Waals surface area contributed by atoms with Crippen LogP contribution < -0.4 is 0 Å². The second-order valence-electron chi connectivity index (χ2n) is 6.88. The third kappa shape index (κ3) is 2.97. The van der Waals surface area contributed by atoms with Gasteiger partial charge in [0.25, 0.3) is 0 Å². The van der Waals surface area contributed by atoms with Gasteiger partial charge in [0.2, 0.25) is 5.91 Å². The molecule has 2 unspecified atom stereocenters. The summed E-state index contributed by atoms with van der Waals surface area (Å²) in [5.74, 6) is 2.29. The highest BCUT2D eigenvalue weighted by Crippen LogP contribution is 2.33. The first kappa shape index (κ1) is 15.4. The molecule has 2 aromatic rings. The van der Waals surface area contributed by atoms with Gasteiger partial charge in [0.1, 0.15) is 17.9 Å². The second-order valence-corrected chi connectivity index (χ2v) is 6.88. The summed E-state index contributed by atoms with van der Waals surface area (Å²) in [6.45, 7) is 1.67. The molecular formula is C18H24N4O2. The average Bonchev–Trinajstić information content (AvgIpc) is 3.17. The van der Waals surface area contributed by atoms with E-state index in [4.69, 9.17) is 4.42 Å². The highest BCUT2D eigenvalue weighted by molar-refractivity contribution is 5.79. The van der Waals surface area contributed by atoms with E-state index >= 15 is 0 Å². The number of hydrogen-bond acceptors (Lipinski definition) is 4. The molecule has 6 heteroatoms. The summed E-state index contributed by atoms with van der Waals surface area (Å²) in [5.41, 5.74) is 0. The molecule has 1 fully saturated rings. The quantitative estimate of drug-likeness (QED) is 0.850. The van der Waals surface area contributed by atoms with Gasteiger partial charge in [-0.05, 0) is 37.8 Å². The van der Waals surface area contributed by atoms with E-state index in [0.717, 1.165) is 63.2 Å². The summed E-state index contributed by atoms with van der Waals surface area (Å²) in [7, 11) is 0. The zero-order valence-electron chi connectivity index (χ0n) is 13.9. The Morgan fingerprint density at radius 2 is 2.12 bits per heavy atom. The smallest absolute Gasteiger partial charge is 0.226 e. The van der Waals surface area contributed by atoms with E-state index in [9.17, 15) is 4.79 Å². The monoisotopic (exact) mass is 328 g/mol. The summed E-state index contributed by atoms with van der Waals surface area (Å²) < 4.78 is 7.73. The Balaban J connectivity index is 1.52. The number of carbonyl (C=O) groups is 1. The maximum Gasteiger partial charge on any atom is 0.226 e. The standard InChI is InChI=1S/C18H24N4O2/c23-18(14-7-8-17-20-19-13-21(17)11-9-14)22-10-3-1-2-5-15(22)16-6-4-12-24-16/h4,6,12-15H,1-3,5,7-11H2. The number of fused-ring (bicyclic) bond motifs is 1. The van der Waals surface area contributed by atoms with Crippen molar-refractivity contribution in [3.63, 3.8) is 0 Å². The van der Waals surface area contributed by atoms with Crippen LogP contribution in [0.5, 0.6) is 0 Å². The van der Waals surface area contributed by atoms with Crippen molar-refractivity contribution < 1.29 is 9.21 Å². The fraction of sp³-hybridized carbons (Fsp3) is 0.611. The lowest BCUT2D eigenvalue weighted by Gasteiger charge is -2.31. The van der Waals surface area contributed by atoms with Gasteiger partial charge in [-0.1, -0.05) is 12.8 Å². The van der Waals surface area contributed by atoms with Crippen LogP contribution in [0.15, 0.2) is 29.1 Å². The molecular weight excluding hydrogens is 304 g/mol.